The van der Waals surface area contributed by atoms with Gasteiger partial charge in [0.1, 0.15) is 24.2 Å². The lowest BCUT2D eigenvalue weighted by Gasteiger charge is -2.28. The van der Waals surface area contributed by atoms with Crippen molar-refractivity contribution in [1.82, 2.24) is 26.6 Å². The van der Waals surface area contributed by atoms with E-state index >= 15 is 0 Å². The minimum absolute atomic E-state index is 0.0700. The third-order valence-electron chi connectivity index (χ3n) is 7.44. The first-order chi connectivity index (χ1) is 20.2. The average Bonchev–Trinajstić information content (AvgIpc) is 2.99. The Morgan fingerprint density at radius 2 is 1.55 bits per heavy atom. The van der Waals surface area contributed by atoms with Gasteiger partial charge in [-0.15, -0.1) is 0 Å². The summed E-state index contributed by atoms with van der Waals surface area (Å²) in [5.41, 5.74) is 1.62. The van der Waals surface area contributed by atoms with E-state index in [1.54, 1.807) is 24.3 Å². The molecule has 5 amide bonds. The van der Waals surface area contributed by atoms with Gasteiger partial charge in [0.15, 0.2) is 0 Å². The van der Waals surface area contributed by atoms with Gasteiger partial charge in [0.05, 0.1) is 0 Å². The van der Waals surface area contributed by atoms with E-state index in [9.17, 15) is 29.1 Å². The van der Waals surface area contributed by atoms with Crippen LogP contribution in [0.25, 0.3) is 0 Å². The fourth-order valence-corrected chi connectivity index (χ4v) is 4.76. The van der Waals surface area contributed by atoms with Crippen molar-refractivity contribution >= 4 is 29.7 Å². The van der Waals surface area contributed by atoms with Gasteiger partial charge in [0.25, 0.3) is 0 Å². The van der Waals surface area contributed by atoms with Crippen molar-refractivity contribution in [3.63, 3.8) is 0 Å². The molecule has 1 heterocycles. The largest absolute Gasteiger partial charge is 0.480 e. The molecule has 2 aromatic rings. The van der Waals surface area contributed by atoms with Crippen LogP contribution in [0.5, 0.6) is 0 Å². The molecule has 11 heteroatoms. The predicted molar refractivity (Wildman–Crippen MR) is 157 cm³/mol. The van der Waals surface area contributed by atoms with E-state index in [2.05, 4.69) is 26.6 Å². The van der Waals surface area contributed by atoms with E-state index in [0.717, 1.165) is 11.1 Å². The van der Waals surface area contributed by atoms with Gasteiger partial charge in [-0.1, -0.05) is 80.9 Å². The van der Waals surface area contributed by atoms with Crippen molar-refractivity contribution in [2.24, 2.45) is 5.92 Å². The summed E-state index contributed by atoms with van der Waals surface area (Å²) in [6.07, 6.45) is 2.19. The van der Waals surface area contributed by atoms with Gasteiger partial charge in [0, 0.05) is 19.4 Å². The number of carbonyl (C=O) groups excluding carboxylic acids is 4. The molecule has 0 aliphatic carbocycles. The number of carboxylic acid groups (broad SMARTS) is 1. The Bertz CT molecular complexity index is 1210. The summed E-state index contributed by atoms with van der Waals surface area (Å²) in [7, 11) is 0. The molecule has 0 aromatic heterocycles. The van der Waals surface area contributed by atoms with Crippen molar-refractivity contribution < 1.29 is 29.1 Å². The predicted octanol–water partition coefficient (Wildman–Crippen LogP) is 1.91. The van der Waals surface area contributed by atoms with Crippen LogP contribution >= 0.6 is 0 Å². The smallest absolute Gasteiger partial charge is 0.326 e. The van der Waals surface area contributed by atoms with Crippen molar-refractivity contribution in [2.75, 3.05) is 6.54 Å². The van der Waals surface area contributed by atoms with E-state index in [0.29, 0.717) is 25.8 Å². The van der Waals surface area contributed by atoms with Crippen molar-refractivity contribution in [3.05, 3.63) is 71.8 Å². The molecule has 0 saturated carbocycles. The highest BCUT2D eigenvalue weighted by atomic mass is 16.4. The summed E-state index contributed by atoms with van der Waals surface area (Å²) in [5.74, 6) is -2.84. The zero-order chi connectivity index (χ0) is 30.5. The molecule has 6 N–H and O–H groups in total. The lowest BCUT2D eigenvalue weighted by molar-refractivity contribution is -0.139. The molecule has 1 aliphatic heterocycles. The minimum Gasteiger partial charge on any atom is -0.480 e. The van der Waals surface area contributed by atoms with Crippen LogP contribution in [0, 0.1) is 5.92 Å². The van der Waals surface area contributed by atoms with Crippen molar-refractivity contribution in [2.45, 2.75) is 76.5 Å². The Morgan fingerprint density at radius 3 is 2.17 bits per heavy atom. The molecule has 1 saturated heterocycles. The highest BCUT2D eigenvalue weighted by molar-refractivity contribution is 5.94. The van der Waals surface area contributed by atoms with Crippen LogP contribution in [-0.2, 0) is 32.0 Å². The van der Waals surface area contributed by atoms with E-state index < -0.39 is 48.0 Å². The molecule has 5 atom stereocenters. The molecule has 11 nitrogen and oxygen atoms in total. The first-order valence-corrected chi connectivity index (χ1v) is 14.4. The van der Waals surface area contributed by atoms with Crippen LogP contribution in [0.4, 0.5) is 4.79 Å². The Morgan fingerprint density at radius 1 is 0.905 bits per heavy atom. The summed E-state index contributed by atoms with van der Waals surface area (Å²) < 4.78 is 0. The number of amides is 5. The van der Waals surface area contributed by atoms with Gasteiger partial charge in [0.2, 0.25) is 17.7 Å². The number of carboxylic acids is 1. The Kier molecular flexibility index (Phi) is 12.3. The first kappa shape index (κ1) is 32.1. The normalized spacial score (nSPS) is 21.6. The number of hydrogen-bond donors (Lipinski definition) is 6. The van der Waals surface area contributed by atoms with Gasteiger partial charge in [-0.2, -0.15) is 0 Å². The molecule has 0 bridgehead atoms. The third kappa shape index (κ3) is 9.90. The quantitative estimate of drug-likeness (QED) is 0.266. The van der Waals surface area contributed by atoms with Crippen LogP contribution in [0.15, 0.2) is 60.7 Å². The average molecular weight is 580 g/mol. The van der Waals surface area contributed by atoms with Gasteiger partial charge < -0.3 is 31.7 Å². The van der Waals surface area contributed by atoms with Gasteiger partial charge in [-0.3, -0.25) is 14.4 Å². The van der Waals surface area contributed by atoms with Crippen LogP contribution in [0.3, 0.4) is 0 Å². The molecule has 1 aliphatic rings. The van der Waals surface area contributed by atoms with E-state index in [-0.39, 0.29) is 31.1 Å². The summed E-state index contributed by atoms with van der Waals surface area (Å²) in [6, 6.07) is 13.4. The molecule has 0 unspecified atom stereocenters. The zero-order valence-corrected chi connectivity index (χ0v) is 24.1. The number of hydrogen-bond acceptors (Lipinski definition) is 5. The number of urea groups is 1. The molecular weight excluding hydrogens is 538 g/mol. The highest BCUT2D eigenvalue weighted by Crippen LogP contribution is 2.12. The first-order valence-electron chi connectivity index (χ1n) is 14.4. The maximum atomic E-state index is 13.5. The SMILES string of the molecule is CC[C@H](C)[C@@H]1NC(=O)[C@@H](NC(=O)N[C@@H](Cc2ccccc2)C(=O)O)CCCCNC(=O)[C@H](Cc2ccccc2)NC1=O. The number of benzene rings is 2. The van der Waals surface area contributed by atoms with E-state index in [4.69, 9.17) is 0 Å². The molecule has 42 heavy (non-hydrogen) atoms. The number of rotatable bonds is 9. The number of nitrogens with one attached hydrogen (secondary N) is 5. The maximum Gasteiger partial charge on any atom is 0.326 e. The van der Waals surface area contributed by atoms with Crippen LogP contribution in [-0.4, -0.2) is 65.5 Å². The summed E-state index contributed by atoms with van der Waals surface area (Å²) in [6.45, 7) is 4.04. The van der Waals surface area contributed by atoms with Gasteiger partial charge in [-0.05, 0) is 36.3 Å². The lowest BCUT2D eigenvalue weighted by atomic mass is 9.96. The topological polar surface area (TPSA) is 166 Å². The minimum atomic E-state index is -1.21. The monoisotopic (exact) mass is 579 g/mol. The fraction of sp³-hybridized carbons (Fsp3) is 0.452. The molecule has 0 radical (unpaired) electrons. The summed E-state index contributed by atoms with van der Waals surface area (Å²) >= 11 is 0. The highest BCUT2D eigenvalue weighted by Gasteiger charge is 2.33. The van der Waals surface area contributed by atoms with Crippen LogP contribution in [0.2, 0.25) is 0 Å². The van der Waals surface area contributed by atoms with Crippen molar-refractivity contribution in [3.8, 4) is 0 Å². The van der Waals surface area contributed by atoms with Crippen LogP contribution in [0.1, 0.15) is 50.7 Å². The Labute approximate surface area is 246 Å². The molecule has 0 spiro atoms. The second kappa shape index (κ2) is 16.1. The second-order valence-electron chi connectivity index (χ2n) is 10.7. The molecule has 1 fully saturated rings. The van der Waals surface area contributed by atoms with Crippen molar-refractivity contribution in [1.29, 1.82) is 0 Å². The fourth-order valence-electron chi connectivity index (χ4n) is 4.76. The molecule has 3 rings (SSSR count). The van der Waals surface area contributed by atoms with E-state index in [1.807, 2.05) is 50.2 Å². The zero-order valence-electron chi connectivity index (χ0n) is 24.1. The lowest BCUT2D eigenvalue weighted by Crippen LogP contribution is -2.59. The maximum absolute atomic E-state index is 13.5. The van der Waals surface area contributed by atoms with Gasteiger partial charge >= 0.3 is 12.0 Å². The number of carbonyl (C=O) groups is 5. The number of aliphatic carboxylic acids is 1. The van der Waals surface area contributed by atoms with E-state index in [1.165, 1.54) is 0 Å². The summed E-state index contributed by atoms with van der Waals surface area (Å²) in [5, 5.41) is 23.2. The van der Waals surface area contributed by atoms with Gasteiger partial charge in [-0.25, -0.2) is 9.59 Å². The molecule has 2 aromatic carbocycles. The summed E-state index contributed by atoms with van der Waals surface area (Å²) in [4.78, 5) is 64.7. The Balaban J connectivity index is 1.75. The molecule has 226 valence electrons. The Hall–Kier alpha value is -4.41. The second-order valence-corrected chi connectivity index (χ2v) is 10.7. The molecular formula is C31H41N5O6. The third-order valence-corrected chi connectivity index (χ3v) is 7.44. The van der Waals surface area contributed by atoms with Crippen LogP contribution < -0.4 is 26.6 Å². The standard InChI is InChI=1S/C31H41N5O6/c1-3-20(2)26-29(39)33-24(18-21-12-6-4-7-13-21)27(37)32-17-11-10-16-23(28(38)36-26)34-31(42)35-25(30(40)41)19-22-14-8-5-9-15-22/h4-9,12-15,20,23-26H,3,10-11,16-19H2,1-2H3,(H,32,37)(H,33,39)(H,36,38)(H,40,41)(H2,34,35,42)/t20-,23-,24-,25-,26-/m0/s1.